The lowest BCUT2D eigenvalue weighted by Crippen LogP contribution is -2.52. The number of rotatable bonds is 18. The molecule has 0 saturated carbocycles. The summed E-state index contributed by atoms with van der Waals surface area (Å²) in [6.07, 6.45) is 8.89. The molecule has 0 radical (unpaired) electrons. The van der Waals surface area contributed by atoms with E-state index in [1.807, 2.05) is 13.0 Å². The third-order valence-electron chi connectivity index (χ3n) is 5.09. The summed E-state index contributed by atoms with van der Waals surface area (Å²) in [5.74, 6) is -2.40. The monoisotopic (exact) mass is 538 g/mol. The van der Waals surface area contributed by atoms with Gasteiger partial charge in [0.2, 0.25) is 5.91 Å². The Kier molecular flexibility index (Phi) is 17.6. The van der Waals surface area contributed by atoms with Gasteiger partial charge in [0.15, 0.2) is 0 Å². The van der Waals surface area contributed by atoms with Crippen molar-refractivity contribution in [2.75, 3.05) is 11.5 Å². The Morgan fingerprint density at radius 3 is 2.00 bits per heavy atom. The summed E-state index contributed by atoms with van der Waals surface area (Å²) in [4.78, 5) is 47.0. The smallest absolute Gasteiger partial charge is 0.412 e. The van der Waals surface area contributed by atoms with Gasteiger partial charge in [0.1, 0.15) is 12.1 Å². The van der Waals surface area contributed by atoms with Gasteiger partial charge in [-0.05, 0) is 66.7 Å². The normalized spacial score (nSPS) is 13.2. The van der Waals surface area contributed by atoms with Crippen LogP contribution < -0.4 is 10.6 Å². The van der Waals surface area contributed by atoms with Crippen LogP contribution in [0, 0.1) is 0 Å². The molecule has 0 fully saturated rings. The molecule has 0 aliphatic heterocycles. The van der Waals surface area contributed by atoms with Gasteiger partial charge in [0.05, 0.1) is 5.76 Å². The highest BCUT2D eigenvalue weighted by Crippen LogP contribution is 2.13. The number of hydrogen-bond donors (Lipinski definition) is 4. The van der Waals surface area contributed by atoms with Crippen molar-refractivity contribution in [3.8, 4) is 0 Å². The molecule has 2 atom stereocenters. The summed E-state index contributed by atoms with van der Waals surface area (Å²) < 4.78 is 4.75. The van der Waals surface area contributed by atoms with Crippen molar-refractivity contribution in [3.63, 3.8) is 0 Å². The quantitative estimate of drug-likeness (QED) is 0.106. The highest BCUT2D eigenvalue weighted by molar-refractivity contribution is 7.99. The third kappa shape index (κ3) is 18.9. The van der Waals surface area contributed by atoms with E-state index in [1.54, 1.807) is 0 Å². The molecule has 0 aromatic rings. The number of amides is 2. The lowest BCUT2D eigenvalue weighted by molar-refractivity contribution is -0.142. The van der Waals surface area contributed by atoms with E-state index in [-0.39, 0.29) is 17.9 Å². The van der Waals surface area contributed by atoms with E-state index < -0.39 is 42.4 Å². The molecule has 0 aromatic carbocycles. The Hall–Kier alpha value is -3.01. The fraction of sp³-hybridized carbons (Fsp3) is 0.556. The molecule has 0 spiro atoms. The van der Waals surface area contributed by atoms with Gasteiger partial charge < -0.3 is 25.6 Å². The number of carbonyl (C=O) groups excluding carboxylic acids is 2. The maximum Gasteiger partial charge on any atom is 0.412 e. The summed E-state index contributed by atoms with van der Waals surface area (Å²) in [5.41, 5.74) is 3.89. The van der Waals surface area contributed by atoms with Gasteiger partial charge in [-0.25, -0.2) is 9.59 Å². The van der Waals surface area contributed by atoms with Crippen LogP contribution in [0.15, 0.2) is 47.3 Å². The minimum atomic E-state index is -1.27. The van der Waals surface area contributed by atoms with Crippen molar-refractivity contribution >= 4 is 35.7 Å². The SMILES string of the molecule is C=C(C)OC(=O)N[C@@H](CCC(=O)O)C(=O)N[C@@H](CSC/C=C(\C)CC/C=C(\C)CCC=C(C)C)C(=O)O. The van der Waals surface area contributed by atoms with Crippen molar-refractivity contribution in [3.05, 3.63) is 47.3 Å². The van der Waals surface area contributed by atoms with E-state index in [1.165, 1.54) is 35.4 Å². The van der Waals surface area contributed by atoms with Gasteiger partial charge in [-0.1, -0.05) is 41.5 Å². The van der Waals surface area contributed by atoms with Gasteiger partial charge in [0, 0.05) is 17.9 Å². The van der Waals surface area contributed by atoms with E-state index in [0.717, 1.165) is 25.7 Å². The fourth-order valence-corrected chi connectivity index (χ4v) is 4.04. The first kappa shape index (κ1) is 34.0. The van der Waals surface area contributed by atoms with Crippen LogP contribution >= 0.6 is 11.8 Å². The minimum absolute atomic E-state index is 0.0867. The molecule has 0 aliphatic carbocycles. The number of hydrogen-bond acceptors (Lipinski definition) is 6. The molecule has 4 N–H and O–H groups in total. The van der Waals surface area contributed by atoms with Crippen LogP contribution in [0.3, 0.4) is 0 Å². The summed E-state index contributed by atoms with van der Waals surface area (Å²) in [5, 5.41) is 23.1. The molecule has 0 aromatic heterocycles. The van der Waals surface area contributed by atoms with Crippen molar-refractivity contribution in [1.82, 2.24) is 10.6 Å². The molecule has 9 nitrogen and oxygen atoms in total. The van der Waals surface area contributed by atoms with Crippen molar-refractivity contribution < 1.29 is 34.1 Å². The predicted molar refractivity (Wildman–Crippen MR) is 147 cm³/mol. The van der Waals surface area contributed by atoms with Crippen LogP contribution in [0.5, 0.6) is 0 Å². The molecule has 208 valence electrons. The number of carbonyl (C=O) groups is 4. The first-order chi connectivity index (χ1) is 17.3. The summed E-state index contributed by atoms with van der Waals surface area (Å²) in [7, 11) is 0. The summed E-state index contributed by atoms with van der Waals surface area (Å²) >= 11 is 1.35. The number of ether oxygens (including phenoxy) is 1. The molecule has 2 amide bonds. The fourth-order valence-electron chi connectivity index (χ4n) is 3.04. The number of nitrogens with one attached hydrogen (secondary N) is 2. The van der Waals surface area contributed by atoms with Gasteiger partial charge in [-0.15, -0.1) is 0 Å². The van der Waals surface area contributed by atoms with Crippen LogP contribution in [-0.4, -0.2) is 57.7 Å². The van der Waals surface area contributed by atoms with Gasteiger partial charge in [0.25, 0.3) is 0 Å². The van der Waals surface area contributed by atoms with E-state index in [2.05, 4.69) is 50.1 Å². The molecule has 0 saturated heterocycles. The first-order valence-electron chi connectivity index (χ1n) is 12.2. The van der Waals surface area contributed by atoms with Crippen LogP contribution in [0.1, 0.15) is 73.1 Å². The van der Waals surface area contributed by atoms with Crippen molar-refractivity contribution in [1.29, 1.82) is 0 Å². The topological polar surface area (TPSA) is 142 Å². The van der Waals surface area contributed by atoms with Crippen LogP contribution in [0.25, 0.3) is 0 Å². The average molecular weight is 539 g/mol. The average Bonchev–Trinajstić information content (AvgIpc) is 2.77. The Bertz CT molecular complexity index is 889. The number of allylic oxidation sites excluding steroid dienone is 6. The molecule has 0 rings (SSSR count). The number of carboxylic acid groups (broad SMARTS) is 2. The molecule has 0 aliphatic rings. The zero-order chi connectivity index (χ0) is 28.4. The van der Waals surface area contributed by atoms with E-state index in [4.69, 9.17) is 9.84 Å². The highest BCUT2D eigenvalue weighted by Gasteiger charge is 2.27. The maximum absolute atomic E-state index is 12.6. The van der Waals surface area contributed by atoms with Crippen molar-refractivity contribution in [2.24, 2.45) is 0 Å². The molecular weight excluding hydrogens is 496 g/mol. The Morgan fingerprint density at radius 1 is 0.865 bits per heavy atom. The molecule has 37 heavy (non-hydrogen) atoms. The molecule has 0 bridgehead atoms. The molecular formula is C27H42N2O7S. The largest absolute Gasteiger partial charge is 0.481 e. The van der Waals surface area contributed by atoms with E-state index in [9.17, 15) is 24.3 Å². The lowest BCUT2D eigenvalue weighted by atomic mass is 10.1. The van der Waals surface area contributed by atoms with Crippen LogP contribution in [0.2, 0.25) is 0 Å². The Morgan fingerprint density at radius 2 is 1.46 bits per heavy atom. The van der Waals surface area contributed by atoms with E-state index >= 15 is 0 Å². The maximum atomic E-state index is 12.6. The lowest BCUT2D eigenvalue weighted by Gasteiger charge is -2.20. The summed E-state index contributed by atoms with van der Waals surface area (Å²) in [6.45, 7) is 13.2. The number of alkyl carbamates (subject to hydrolysis) is 1. The highest BCUT2D eigenvalue weighted by atomic mass is 32.2. The predicted octanol–water partition coefficient (Wildman–Crippen LogP) is 5.20. The third-order valence-corrected chi connectivity index (χ3v) is 6.07. The number of aliphatic carboxylic acids is 2. The van der Waals surface area contributed by atoms with Gasteiger partial charge >= 0.3 is 18.0 Å². The van der Waals surface area contributed by atoms with Gasteiger partial charge in [-0.3, -0.25) is 9.59 Å². The van der Waals surface area contributed by atoms with Crippen molar-refractivity contribution in [2.45, 2.75) is 85.2 Å². The second-order valence-electron chi connectivity index (χ2n) is 9.12. The molecule has 0 heterocycles. The zero-order valence-electron chi connectivity index (χ0n) is 22.6. The zero-order valence-corrected chi connectivity index (χ0v) is 23.4. The number of carboxylic acids is 2. The second kappa shape index (κ2) is 19.1. The Labute approximate surface area is 224 Å². The standard InChI is InChI=1S/C27H42N2O7S/c1-18(2)9-7-10-20(5)11-8-12-21(6)15-16-37-17-23(26(33)34)28-25(32)22(13-14-24(30)31)29-27(35)36-19(3)4/h9,11,15,22-23H,3,7-8,10,12-14,16-17H2,1-2,4-6H3,(H,28,32)(H,29,35)(H,30,31)(H,33,34)/b20-11+,21-15+/t22-,23-/m0/s1. The second-order valence-corrected chi connectivity index (χ2v) is 10.2. The molecule has 10 heteroatoms. The summed E-state index contributed by atoms with van der Waals surface area (Å²) in [6, 6.07) is -2.47. The minimum Gasteiger partial charge on any atom is -0.481 e. The molecule has 0 unspecified atom stereocenters. The van der Waals surface area contributed by atoms with Crippen LogP contribution in [0.4, 0.5) is 4.79 Å². The van der Waals surface area contributed by atoms with Gasteiger partial charge in [-0.2, -0.15) is 11.8 Å². The van der Waals surface area contributed by atoms with Crippen LogP contribution in [-0.2, 0) is 19.1 Å². The van der Waals surface area contributed by atoms with E-state index in [0.29, 0.717) is 5.75 Å². The first-order valence-corrected chi connectivity index (χ1v) is 13.4. The number of thioether (sulfide) groups is 1. The Balaban J connectivity index is 4.77.